The molecule has 4 nitrogen and oxygen atoms in total. The van der Waals surface area contributed by atoms with Crippen LogP contribution < -0.4 is 5.32 Å². The number of carbonyl (C=O) groups excluding carboxylic acids is 1. The van der Waals surface area contributed by atoms with Crippen molar-refractivity contribution in [3.8, 4) is 0 Å². The zero-order valence-corrected chi connectivity index (χ0v) is 9.08. The van der Waals surface area contributed by atoms with Crippen LogP contribution in [0.2, 0.25) is 0 Å². The lowest BCUT2D eigenvalue weighted by molar-refractivity contribution is 0.0191. The third-order valence-electron chi connectivity index (χ3n) is 2.44. The molecule has 1 rings (SSSR count). The van der Waals surface area contributed by atoms with E-state index in [1.807, 2.05) is 11.8 Å². The van der Waals surface area contributed by atoms with Gasteiger partial charge in [0.15, 0.2) is 0 Å². The lowest BCUT2D eigenvalue weighted by Crippen LogP contribution is -2.51. The zero-order chi connectivity index (χ0) is 10.4. The van der Waals surface area contributed by atoms with Gasteiger partial charge < -0.3 is 15.0 Å². The van der Waals surface area contributed by atoms with Gasteiger partial charge in [-0.25, -0.2) is 4.79 Å². The van der Waals surface area contributed by atoms with Gasteiger partial charge in [-0.1, -0.05) is 13.3 Å². The zero-order valence-electron chi connectivity index (χ0n) is 9.08. The molecule has 2 amide bonds. The Kier molecular flexibility index (Phi) is 4.73. The van der Waals surface area contributed by atoms with E-state index in [-0.39, 0.29) is 12.1 Å². The van der Waals surface area contributed by atoms with Crippen molar-refractivity contribution in [3.63, 3.8) is 0 Å². The van der Waals surface area contributed by atoms with Crippen LogP contribution in [0.5, 0.6) is 0 Å². The predicted octanol–water partition coefficient (Wildman–Crippen LogP) is 1.22. The number of urea groups is 1. The molecule has 0 aromatic heterocycles. The van der Waals surface area contributed by atoms with Gasteiger partial charge in [-0.3, -0.25) is 0 Å². The van der Waals surface area contributed by atoms with Gasteiger partial charge in [-0.15, -0.1) is 0 Å². The number of rotatable bonds is 3. The lowest BCUT2D eigenvalue weighted by atomic mass is 10.3. The number of hydrogen-bond donors (Lipinski definition) is 1. The molecule has 0 saturated carbocycles. The molecule has 1 unspecified atom stereocenters. The van der Waals surface area contributed by atoms with Crippen LogP contribution in [-0.2, 0) is 4.74 Å². The van der Waals surface area contributed by atoms with Crippen LogP contribution in [0.1, 0.15) is 26.7 Å². The summed E-state index contributed by atoms with van der Waals surface area (Å²) in [6.07, 6.45) is 2.16. The van der Waals surface area contributed by atoms with Gasteiger partial charge in [0.1, 0.15) is 0 Å². The van der Waals surface area contributed by atoms with Crippen molar-refractivity contribution in [1.82, 2.24) is 10.2 Å². The molecule has 1 saturated heterocycles. The molecule has 82 valence electrons. The van der Waals surface area contributed by atoms with Crippen LogP contribution in [0.3, 0.4) is 0 Å². The fourth-order valence-electron chi connectivity index (χ4n) is 1.50. The van der Waals surface area contributed by atoms with Crippen LogP contribution in [0, 0.1) is 0 Å². The Morgan fingerprint density at radius 2 is 2.43 bits per heavy atom. The normalized spacial score (nSPS) is 22.1. The summed E-state index contributed by atoms with van der Waals surface area (Å²) >= 11 is 0. The molecule has 1 N–H and O–H groups in total. The number of morpholine rings is 1. The Hall–Kier alpha value is -0.770. The van der Waals surface area contributed by atoms with Crippen molar-refractivity contribution in [3.05, 3.63) is 0 Å². The summed E-state index contributed by atoms with van der Waals surface area (Å²) in [5, 5.41) is 2.92. The molecule has 1 fully saturated rings. The van der Waals surface area contributed by atoms with E-state index in [4.69, 9.17) is 4.74 Å². The summed E-state index contributed by atoms with van der Waals surface area (Å²) in [5.41, 5.74) is 0. The highest BCUT2D eigenvalue weighted by molar-refractivity contribution is 5.74. The molecule has 1 aliphatic rings. The largest absolute Gasteiger partial charge is 0.377 e. The van der Waals surface area contributed by atoms with E-state index in [1.54, 1.807) is 0 Å². The maximum Gasteiger partial charge on any atom is 0.317 e. The molecular formula is C10H20N2O2. The molecule has 0 aromatic rings. The van der Waals surface area contributed by atoms with E-state index < -0.39 is 0 Å². The first-order chi connectivity index (χ1) is 6.75. The average Bonchev–Trinajstić information content (AvgIpc) is 2.18. The van der Waals surface area contributed by atoms with Crippen molar-refractivity contribution >= 4 is 6.03 Å². The minimum atomic E-state index is 0.0502. The highest BCUT2D eigenvalue weighted by Gasteiger charge is 2.22. The number of carbonyl (C=O) groups is 1. The van der Waals surface area contributed by atoms with Crippen molar-refractivity contribution < 1.29 is 9.53 Å². The minimum Gasteiger partial charge on any atom is -0.377 e. The summed E-state index contributed by atoms with van der Waals surface area (Å²) in [5.74, 6) is 0. The first-order valence-electron chi connectivity index (χ1n) is 5.38. The number of ether oxygens (including phenoxy) is 1. The van der Waals surface area contributed by atoms with Crippen LogP contribution >= 0.6 is 0 Å². The third kappa shape index (κ3) is 3.18. The van der Waals surface area contributed by atoms with Crippen LogP contribution in [0.15, 0.2) is 0 Å². The molecule has 1 atom stereocenters. The topological polar surface area (TPSA) is 41.6 Å². The molecule has 0 aliphatic carbocycles. The second-order valence-electron chi connectivity index (χ2n) is 3.70. The van der Waals surface area contributed by atoms with Crippen molar-refractivity contribution in [1.29, 1.82) is 0 Å². The van der Waals surface area contributed by atoms with Gasteiger partial charge in [0, 0.05) is 13.1 Å². The SMILES string of the molecule is CCCCNC(=O)N1CCOCC1C. The van der Waals surface area contributed by atoms with Gasteiger partial charge in [-0.05, 0) is 13.3 Å². The van der Waals surface area contributed by atoms with Crippen LogP contribution in [0.4, 0.5) is 4.79 Å². The van der Waals surface area contributed by atoms with E-state index in [2.05, 4.69) is 12.2 Å². The number of nitrogens with one attached hydrogen (secondary N) is 1. The van der Waals surface area contributed by atoms with Crippen molar-refractivity contribution in [2.75, 3.05) is 26.3 Å². The maximum absolute atomic E-state index is 11.6. The second-order valence-corrected chi connectivity index (χ2v) is 3.70. The number of amides is 2. The Morgan fingerprint density at radius 3 is 3.07 bits per heavy atom. The van der Waals surface area contributed by atoms with E-state index >= 15 is 0 Å². The molecule has 14 heavy (non-hydrogen) atoms. The fourth-order valence-corrected chi connectivity index (χ4v) is 1.50. The van der Waals surface area contributed by atoms with Crippen LogP contribution in [-0.4, -0.2) is 43.3 Å². The average molecular weight is 200 g/mol. The fraction of sp³-hybridized carbons (Fsp3) is 0.900. The quantitative estimate of drug-likeness (QED) is 0.696. The van der Waals surface area contributed by atoms with Crippen molar-refractivity contribution in [2.45, 2.75) is 32.7 Å². The molecular weight excluding hydrogens is 180 g/mol. The molecule has 4 heteroatoms. The van der Waals surface area contributed by atoms with Gasteiger partial charge in [0.05, 0.1) is 19.3 Å². The van der Waals surface area contributed by atoms with Crippen molar-refractivity contribution in [2.24, 2.45) is 0 Å². The van der Waals surface area contributed by atoms with Gasteiger partial charge in [0.25, 0.3) is 0 Å². The van der Waals surface area contributed by atoms with E-state index in [1.165, 1.54) is 0 Å². The van der Waals surface area contributed by atoms with Gasteiger partial charge in [-0.2, -0.15) is 0 Å². The summed E-state index contributed by atoms with van der Waals surface area (Å²) in [6, 6.07) is 0.250. The van der Waals surface area contributed by atoms with Gasteiger partial charge >= 0.3 is 6.03 Å². The van der Waals surface area contributed by atoms with E-state index in [0.717, 1.165) is 19.4 Å². The molecule has 0 spiro atoms. The summed E-state index contributed by atoms with van der Waals surface area (Å²) in [7, 11) is 0. The molecule has 0 aromatic carbocycles. The van der Waals surface area contributed by atoms with E-state index in [0.29, 0.717) is 19.8 Å². The highest BCUT2D eigenvalue weighted by Crippen LogP contribution is 2.05. The molecule has 0 radical (unpaired) electrons. The first-order valence-corrected chi connectivity index (χ1v) is 5.38. The molecule has 0 bridgehead atoms. The third-order valence-corrected chi connectivity index (χ3v) is 2.44. The second kappa shape index (κ2) is 5.86. The summed E-state index contributed by atoms with van der Waals surface area (Å²) < 4.78 is 5.27. The summed E-state index contributed by atoms with van der Waals surface area (Å²) in [4.78, 5) is 13.5. The lowest BCUT2D eigenvalue weighted by Gasteiger charge is -2.33. The standard InChI is InChI=1S/C10H20N2O2/c1-3-4-5-11-10(13)12-6-7-14-8-9(12)2/h9H,3-8H2,1-2H3,(H,11,13). The highest BCUT2D eigenvalue weighted by atomic mass is 16.5. The van der Waals surface area contributed by atoms with Crippen LogP contribution in [0.25, 0.3) is 0 Å². The number of unbranched alkanes of at least 4 members (excludes halogenated alkanes) is 1. The Bertz CT molecular complexity index is 185. The monoisotopic (exact) mass is 200 g/mol. The molecule has 1 heterocycles. The summed E-state index contributed by atoms with van der Waals surface area (Å²) in [6.45, 7) is 6.92. The minimum absolute atomic E-state index is 0.0502. The Morgan fingerprint density at radius 1 is 1.64 bits per heavy atom. The number of nitrogens with zero attached hydrogens (tertiary/aromatic N) is 1. The first kappa shape index (κ1) is 11.3. The van der Waals surface area contributed by atoms with Gasteiger partial charge in [0.2, 0.25) is 0 Å². The smallest absolute Gasteiger partial charge is 0.317 e. The Labute approximate surface area is 85.6 Å². The van der Waals surface area contributed by atoms with E-state index in [9.17, 15) is 4.79 Å². The Balaban J connectivity index is 2.27. The number of hydrogen-bond acceptors (Lipinski definition) is 2. The molecule has 1 aliphatic heterocycles. The maximum atomic E-state index is 11.6. The predicted molar refractivity (Wildman–Crippen MR) is 55.3 cm³/mol.